The normalized spacial score (nSPS) is 44.9. The van der Waals surface area contributed by atoms with E-state index in [0.29, 0.717) is 11.8 Å². The summed E-state index contributed by atoms with van der Waals surface area (Å²) in [4.78, 5) is 23.9. The molecule has 4 heteroatoms. The van der Waals surface area contributed by atoms with Gasteiger partial charge in [-0.2, -0.15) is 9.81 Å². The summed E-state index contributed by atoms with van der Waals surface area (Å²) >= 11 is 0. The third-order valence-corrected chi connectivity index (χ3v) is 12.5. The summed E-state index contributed by atoms with van der Waals surface area (Å²) in [6.07, 6.45) is 17.9. The maximum atomic E-state index is 12.6. The highest BCUT2D eigenvalue weighted by Crippen LogP contribution is 2.71. The largest absolute Gasteiger partial charge is 0.151 e. The number of nitrogens with zero attached hydrogens (tertiary/aromatic N) is 2. The molecule has 0 aromatic rings. The lowest BCUT2D eigenvalue weighted by Gasteiger charge is -2.60. The molecule has 0 radical (unpaired) electrons. The smallest absolute Gasteiger partial charge is 0.103 e. The zero-order chi connectivity index (χ0) is 25.0. The number of hydrogen-bond donors (Lipinski definition) is 0. The Kier molecular flexibility index (Phi) is 6.84. The molecule has 35 heavy (non-hydrogen) atoms. The van der Waals surface area contributed by atoms with Crippen molar-refractivity contribution in [2.75, 3.05) is 0 Å². The molecule has 4 nitrogen and oxygen atoms in total. The van der Waals surface area contributed by atoms with Crippen molar-refractivity contribution in [2.45, 2.75) is 130 Å². The fourth-order valence-corrected chi connectivity index (χ4v) is 10.4. The standard InChI is InChI=1S/C31H50N2O2/c1-20(2)8-7-15-31(5,33-35)27-19-25(21-9-6-10-21)28-24-12-11-22-18-23(32-34)13-16-29(22,3)26(24)14-17-30(27,28)4/h11,20-21,23-28H,6-10,12-19H2,1-5H3/t23?,24?,25?,26?,27?,28?,29?,30?,31-/m0/s1. The molecule has 0 heterocycles. The van der Waals surface area contributed by atoms with E-state index in [4.69, 9.17) is 0 Å². The summed E-state index contributed by atoms with van der Waals surface area (Å²) in [6.45, 7) is 11.9. The zero-order valence-corrected chi connectivity index (χ0v) is 23.1. The molecule has 0 spiro atoms. The quantitative estimate of drug-likeness (QED) is 0.256. The second kappa shape index (κ2) is 9.35. The summed E-state index contributed by atoms with van der Waals surface area (Å²) < 4.78 is 0. The summed E-state index contributed by atoms with van der Waals surface area (Å²) in [5.74, 6) is 4.91. The van der Waals surface area contributed by atoms with Crippen LogP contribution in [0.2, 0.25) is 0 Å². The van der Waals surface area contributed by atoms with E-state index in [2.05, 4.69) is 51.0 Å². The summed E-state index contributed by atoms with van der Waals surface area (Å²) in [6, 6.07) is -0.0106. The number of hydrogen-bond acceptors (Lipinski definition) is 4. The van der Waals surface area contributed by atoms with Crippen molar-refractivity contribution >= 4 is 0 Å². The Morgan fingerprint density at radius 3 is 2.49 bits per heavy atom. The maximum absolute atomic E-state index is 12.6. The molecule has 5 aliphatic rings. The Hall–Kier alpha value is -1.06. The van der Waals surface area contributed by atoms with Crippen LogP contribution < -0.4 is 0 Å². The van der Waals surface area contributed by atoms with Crippen LogP contribution in [0.15, 0.2) is 22.0 Å². The Labute approximate surface area is 213 Å². The van der Waals surface area contributed by atoms with Crippen molar-refractivity contribution in [3.8, 4) is 0 Å². The molecule has 0 aromatic heterocycles. The molecule has 0 N–H and O–H groups in total. The molecule has 0 aromatic carbocycles. The van der Waals surface area contributed by atoms with E-state index in [1.54, 1.807) is 5.57 Å². The highest BCUT2D eigenvalue weighted by Gasteiger charge is 2.65. The van der Waals surface area contributed by atoms with Gasteiger partial charge < -0.3 is 0 Å². The second-order valence-corrected chi connectivity index (χ2v) is 14.6. The predicted molar refractivity (Wildman–Crippen MR) is 144 cm³/mol. The zero-order valence-electron chi connectivity index (χ0n) is 23.1. The number of fused-ring (bicyclic) bond motifs is 5. The molecule has 196 valence electrons. The number of rotatable bonds is 8. The van der Waals surface area contributed by atoms with E-state index in [1.807, 2.05) is 0 Å². The molecule has 0 bridgehead atoms. The van der Waals surface area contributed by atoms with Gasteiger partial charge in [-0.05, 0) is 111 Å². The molecule has 9 atom stereocenters. The average Bonchev–Trinajstić information content (AvgIpc) is 3.10. The van der Waals surface area contributed by atoms with Crippen molar-refractivity contribution in [3.05, 3.63) is 21.5 Å². The van der Waals surface area contributed by atoms with E-state index >= 15 is 0 Å². The Balaban J connectivity index is 1.47. The molecule has 0 aliphatic heterocycles. The highest BCUT2D eigenvalue weighted by molar-refractivity contribution is 5.27. The summed E-state index contributed by atoms with van der Waals surface area (Å²) in [7, 11) is 0. The van der Waals surface area contributed by atoms with Gasteiger partial charge in [0, 0.05) is 0 Å². The van der Waals surface area contributed by atoms with E-state index in [1.165, 1.54) is 51.4 Å². The predicted octanol–water partition coefficient (Wildman–Crippen LogP) is 9.08. The van der Waals surface area contributed by atoms with E-state index in [0.717, 1.165) is 61.7 Å². The van der Waals surface area contributed by atoms with Crippen LogP contribution in [0.3, 0.4) is 0 Å². The van der Waals surface area contributed by atoms with Gasteiger partial charge in [-0.15, -0.1) is 0 Å². The molecular formula is C31H50N2O2. The molecule has 4 saturated carbocycles. The first-order valence-corrected chi connectivity index (χ1v) is 15.0. The van der Waals surface area contributed by atoms with E-state index < -0.39 is 5.54 Å². The fourth-order valence-electron chi connectivity index (χ4n) is 10.4. The molecule has 4 fully saturated rings. The maximum Gasteiger partial charge on any atom is 0.103 e. The van der Waals surface area contributed by atoms with Gasteiger partial charge in [-0.3, -0.25) is 0 Å². The third kappa shape index (κ3) is 4.08. The van der Waals surface area contributed by atoms with Gasteiger partial charge in [-0.25, -0.2) is 0 Å². The highest BCUT2D eigenvalue weighted by atomic mass is 16.3. The van der Waals surface area contributed by atoms with Crippen molar-refractivity contribution in [1.82, 2.24) is 0 Å². The van der Waals surface area contributed by atoms with Crippen LogP contribution in [-0.2, 0) is 0 Å². The first-order valence-electron chi connectivity index (χ1n) is 15.0. The first kappa shape index (κ1) is 25.6. The number of nitroso groups, excluding NO2 is 2. The first-order chi connectivity index (χ1) is 16.7. The lowest BCUT2D eigenvalue weighted by molar-refractivity contribution is -0.0742. The topological polar surface area (TPSA) is 58.9 Å². The van der Waals surface area contributed by atoms with Gasteiger partial charge in [0.15, 0.2) is 0 Å². The van der Waals surface area contributed by atoms with Crippen LogP contribution in [-0.4, -0.2) is 11.6 Å². The average molecular weight is 483 g/mol. The van der Waals surface area contributed by atoms with E-state index in [-0.39, 0.29) is 16.9 Å². The molecular weight excluding hydrogens is 432 g/mol. The molecule has 5 rings (SSSR count). The molecule has 8 unspecified atom stereocenters. The fraction of sp³-hybridized carbons (Fsp3) is 0.935. The molecule has 0 saturated heterocycles. The minimum absolute atomic E-state index is 0.0106. The minimum Gasteiger partial charge on any atom is -0.151 e. The van der Waals surface area contributed by atoms with Gasteiger partial charge in [0.25, 0.3) is 0 Å². The van der Waals surface area contributed by atoms with Gasteiger partial charge in [0.1, 0.15) is 5.54 Å². The van der Waals surface area contributed by atoms with Crippen LogP contribution in [0.4, 0.5) is 0 Å². The lowest BCUT2D eigenvalue weighted by Crippen LogP contribution is -2.53. The Bertz CT molecular complexity index is 849. The van der Waals surface area contributed by atoms with Gasteiger partial charge in [0.05, 0.1) is 6.04 Å². The monoisotopic (exact) mass is 482 g/mol. The summed E-state index contributed by atoms with van der Waals surface area (Å²) in [5, 5.41) is 7.41. The second-order valence-electron chi connectivity index (χ2n) is 14.6. The van der Waals surface area contributed by atoms with Gasteiger partial charge in [0.2, 0.25) is 0 Å². The number of allylic oxidation sites excluding steroid dienone is 1. The van der Waals surface area contributed by atoms with Crippen molar-refractivity contribution < 1.29 is 0 Å². The SMILES string of the molecule is CC(C)CCC[C@](C)(N=O)C1CC(C2CCC2)C2C3CC=C4CC(N=O)CCC4(C)C3CCC21C. The van der Waals surface area contributed by atoms with Crippen LogP contribution in [0.1, 0.15) is 118 Å². The third-order valence-electron chi connectivity index (χ3n) is 12.5. The van der Waals surface area contributed by atoms with Gasteiger partial charge >= 0.3 is 0 Å². The van der Waals surface area contributed by atoms with Crippen LogP contribution >= 0.6 is 0 Å². The van der Waals surface area contributed by atoms with Crippen LogP contribution in [0.5, 0.6) is 0 Å². The molecule has 0 amide bonds. The minimum atomic E-state index is -0.430. The van der Waals surface area contributed by atoms with Crippen molar-refractivity contribution in [2.24, 2.45) is 62.6 Å². The van der Waals surface area contributed by atoms with Crippen molar-refractivity contribution in [3.63, 3.8) is 0 Å². The van der Waals surface area contributed by atoms with Crippen LogP contribution in [0, 0.1) is 62.1 Å². The Morgan fingerprint density at radius 2 is 1.86 bits per heavy atom. The van der Waals surface area contributed by atoms with Crippen LogP contribution in [0.25, 0.3) is 0 Å². The van der Waals surface area contributed by atoms with Gasteiger partial charge in [-0.1, -0.05) is 81.8 Å². The Morgan fingerprint density at radius 1 is 1.09 bits per heavy atom. The van der Waals surface area contributed by atoms with E-state index in [9.17, 15) is 9.81 Å². The van der Waals surface area contributed by atoms with Crippen molar-refractivity contribution in [1.29, 1.82) is 0 Å². The molecule has 5 aliphatic carbocycles. The summed E-state index contributed by atoms with van der Waals surface area (Å²) in [5.41, 5.74) is 1.59. The lowest BCUT2D eigenvalue weighted by atomic mass is 9.45.